The topological polar surface area (TPSA) is 38.0 Å². The first-order valence-corrected chi connectivity index (χ1v) is 7.18. The summed E-state index contributed by atoms with van der Waals surface area (Å²) in [6.07, 6.45) is 9.80. The highest BCUT2D eigenvalue weighted by Gasteiger charge is 2.36. The lowest BCUT2D eigenvalue weighted by Gasteiger charge is -2.37. The van der Waals surface area contributed by atoms with Crippen molar-refractivity contribution in [3.63, 3.8) is 0 Å². The van der Waals surface area contributed by atoms with Crippen LogP contribution in [0.1, 0.15) is 58.8 Å². The second-order valence-corrected chi connectivity index (χ2v) is 6.28. The fourth-order valence-electron chi connectivity index (χ4n) is 3.96. The zero-order valence-electron chi connectivity index (χ0n) is 10.9. The third-order valence-corrected chi connectivity index (χ3v) is 5.15. The Morgan fingerprint density at radius 2 is 1.69 bits per heavy atom. The highest BCUT2D eigenvalue weighted by atomic mass is 15.2. The fourth-order valence-corrected chi connectivity index (χ4v) is 3.96. The van der Waals surface area contributed by atoms with Gasteiger partial charge in [-0.25, -0.2) is 0 Å². The van der Waals surface area contributed by atoms with E-state index in [1.165, 1.54) is 44.9 Å². The number of hydrogen-bond acceptors (Lipinski definition) is 2. The summed E-state index contributed by atoms with van der Waals surface area (Å²) in [6.45, 7) is 4.80. The maximum atomic E-state index is 5.83. The van der Waals surface area contributed by atoms with Crippen molar-refractivity contribution in [1.29, 1.82) is 0 Å². The largest absolute Gasteiger partial charge is 0.271 e. The van der Waals surface area contributed by atoms with Gasteiger partial charge >= 0.3 is 0 Å². The van der Waals surface area contributed by atoms with Crippen LogP contribution in [0.3, 0.4) is 0 Å². The van der Waals surface area contributed by atoms with Crippen molar-refractivity contribution in [3.05, 3.63) is 0 Å². The molecular formula is C14H28N2. The van der Waals surface area contributed by atoms with E-state index < -0.39 is 0 Å². The molecule has 0 aromatic heterocycles. The molecule has 0 aliphatic heterocycles. The minimum Gasteiger partial charge on any atom is -0.271 e. The van der Waals surface area contributed by atoms with Crippen LogP contribution in [-0.2, 0) is 0 Å². The predicted octanol–water partition coefficient (Wildman–Crippen LogP) is 3.08. The normalized spacial score (nSPS) is 42.2. The summed E-state index contributed by atoms with van der Waals surface area (Å²) in [4.78, 5) is 0. The van der Waals surface area contributed by atoms with Gasteiger partial charge in [-0.2, -0.15) is 0 Å². The van der Waals surface area contributed by atoms with E-state index in [4.69, 9.17) is 5.84 Å². The minimum atomic E-state index is 0.588. The van der Waals surface area contributed by atoms with Crippen LogP contribution in [0.5, 0.6) is 0 Å². The van der Waals surface area contributed by atoms with Gasteiger partial charge in [0.2, 0.25) is 0 Å². The zero-order valence-corrected chi connectivity index (χ0v) is 10.9. The van der Waals surface area contributed by atoms with E-state index >= 15 is 0 Å². The predicted molar refractivity (Wildman–Crippen MR) is 68.7 cm³/mol. The lowest BCUT2D eigenvalue weighted by molar-refractivity contribution is 0.164. The highest BCUT2D eigenvalue weighted by molar-refractivity contribution is 4.89. The van der Waals surface area contributed by atoms with Gasteiger partial charge in [0.15, 0.2) is 0 Å². The molecule has 3 N–H and O–H groups in total. The maximum Gasteiger partial charge on any atom is 0.0269 e. The van der Waals surface area contributed by atoms with Crippen LogP contribution in [-0.4, -0.2) is 6.04 Å². The highest BCUT2D eigenvalue weighted by Crippen LogP contribution is 2.40. The second-order valence-electron chi connectivity index (χ2n) is 6.28. The van der Waals surface area contributed by atoms with Gasteiger partial charge in [-0.1, -0.05) is 39.5 Å². The number of nitrogens with one attached hydrogen (secondary N) is 1. The second kappa shape index (κ2) is 5.50. The van der Waals surface area contributed by atoms with E-state index in [-0.39, 0.29) is 0 Å². The molecule has 0 spiro atoms. The van der Waals surface area contributed by atoms with E-state index in [1.54, 1.807) is 0 Å². The standard InChI is InChI=1S/C14H28N2/c1-10-6-8-12(9-7-10)14(16-15)13-5-3-4-11(13)2/h10-14,16H,3-9,15H2,1-2H3. The molecule has 2 aliphatic rings. The summed E-state index contributed by atoms with van der Waals surface area (Å²) in [5.41, 5.74) is 3.16. The van der Waals surface area contributed by atoms with Crippen LogP contribution in [0.25, 0.3) is 0 Å². The number of rotatable bonds is 3. The molecule has 2 rings (SSSR count). The van der Waals surface area contributed by atoms with Crippen molar-refractivity contribution >= 4 is 0 Å². The van der Waals surface area contributed by atoms with E-state index in [2.05, 4.69) is 19.3 Å². The zero-order chi connectivity index (χ0) is 11.5. The number of hydrogen-bond donors (Lipinski definition) is 2. The minimum absolute atomic E-state index is 0.588. The average molecular weight is 224 g/mol. The smallest absolute Gasteiger partial charge is 0.0269 e. The van der Waals surface area contributed by atoms with Gasteiger partial charge in [0.25, 0.3) is 0 Å². The van der Waals surface area contributed by atoms with Gasteiger partial charge in [-0.05, 0) is 42.9 Å². The molecule has 0 aromatic rings. The van der Waals surface area contributed by atoms with Crippen molar-refractivity contribution in [2.45, 2.75) is 64.8 Å². The third-order valence-electron chi connectivity index (χ3n) is 5.15. The molecule has 0 saturated heterocycles. The van der Waals surface area contributed by atoms with E-state index in [1.807, 2.05) is 0 Å². The van der Waals surface area contributed by atoms with Gasteiger partial charge in [0.1, 0.15) is 0 Å². The third kappa shape index (κ3) is 2.60. The molecule has 0 heterocycles. The molecule has 0 amide bonds. The molecule has 2 nitrogen and oxygen atoms in total. The Bertz CT molecular complexity index is 209. The summed E-state index contributed by atoms with van der Waals surface area (Å²) in [6, 6.07) is 0.588. The van der Waals surface area contributed by atoms with Crippen LogP contribution in [0.4, 0.5) is 0 Å². The molecule has 3 atom stereocenters. The van der Waals surface area contributed by atoms with Gasteiger partial charge < -0.3 is 0 Å². The monoisotopic (exact) mass is 224 g/mol. The van der Waals surface area contributed by atoms with Crippen LogP contribution < -0.4 is 11.3 Å². The van der Waals surface area contributed by atoms with Crippen LogP contribution in [0, 0.1) is 23.7 Å². The van der Waals surface area contributed by atoms with Crippen molar-refractivity contribution < 1.29 is 0 Å². The van der Waals surface area contributed by atoms with Crippen LogP contribution in [0.15, 0.2) is 0 Å². The summed E-state index contributed by atoms with van der Waals surface area (Å²) in [7, 11) is 0. The Labute approximate surface area is 100 Å². The first-order valence-electron chi connectivity index (χ1n) is 7.18. The first-order chi connectivity index (χ1) is 7.72. The fraction of sp³-hybridized carbons (Fsp3) is 1.00. The van der Waals surface area contributed by atoms with Crippen molar-refractivity contribution in [1.82, 2.24) is 5.43 Å². The lowest BCUT2D eigenvalue weighted by atomic mass is 9.73. The molecule has 2 saturated carbocycles. The molecule has 94 valence electrons. The van der Waals surface area contributed by atoms with Gasteiger partial charge in [-0.3, -0.25) is 11.3 Å². The molecule has 0 bridgehead atoms. The molecular weight excluding hydrogens is 196 g/mol. The average Bonchev–Trinajstić information content (AvgIpc) is 2.69. The maximum absolute atomic E-state index is 5.83. The molecule has 2 heteroatoms. The molecule has 0 radical (unpaired) electrons. The van der Waals surface area contributed by atoms with Gasteiger partial charge in [0.05, 0.1) is 0 Å². The van der Waals surface area contributed by atoms with Crippen LogP contribution >= 0.6 is 0 Å². The number of nitrogens with two attached hydrogens (primary N) is 1. The Morgan fingerprint density at radius 1 is 1.00 bits per heavy atom. The Morgan fingerprint density at radius 3 is 2.19 bits per heavy atom. The SMILES string of the molecule is CC1CCC(C(NN)C2CCCC2C)CC1. The van der Waals surface area contributed by atoms with Gasteiger partial charge in [-0.15, -0.1) is 0 Å². The lowest BCUT2D eigenvalue weighted by Crippen LogP contribution is -2.47. The van der Waals surface area contributed by atoms with Crippen LogP contribution in [0.2, 0.25) is 0 Å². The molecule has 3 unspecified atom stereocenters. The van der Waals surface area contributed by atoms with Crippen molar-refractivity contribution in [2.24, 2.45) is 29.5 Å². The molecule has 2 fully saturated rings. The molecule has 16 heavy (non-hydrogen) atoms. The van der Waals surface area contributed by atoms with Crippen molar-refractivity contribution in [2.75, 3.05) is 0 Å². The Kier molecular flexibility index (Phi) is 4.26. The first kappa shape index (κ1) is 12.4. The van der Waals surface area contributed by atoms with Gasteiger partial charge in [0, 0.05) is 6.04 Å². The Hall–Kier alpha value is -0.0800. The summed E-state index contributed by atoms with van der Waals surface area (Å²) >= 11 is 0. The van der Waals surface area contributed by atoms with E-state index in [0.29, 0.717) is 6.04 Å². The van der Waals surface area contributed by atoms with E-state index in [0.717, 1.165) is 23.7 Å². The Balaban J connectivity index is 1.93. The summed E-state index contributed by atoms with van der Waals surface area (Å²) in [5, 5.41) is 0. The molecule has 0 aromatic carbocycles. The summed E-state index contributed by atoms with van der Waals surface area (Å²) in [5.74, 6) is 9.32. The summed E-state index contributed by atoms with van der Waals surface area (Å²) < 4.78 is 0. The van der Waals surface area contributed by atoms with Crippen molar-refractivity contribution in [3.8, 4) is 0 Å². The van der Waals surface area contributed by atoms with E-state index in [9.17, 15) is 0 Å². The number of hydrazine groups is 1. The molecule has 2 aliphatic carbocycles. The quantitative estimate of drug-likeness (QED) is 0.571.